The Morgan fingerprint density at radius 1 is 1.33 bits per heavy atom. The third-order valence-electron chi connectivity index (χ3n) is 3.35. The summed E-state index contributed by atoms with van der Waals surface area (Å²) in [6, 6.07) is 5.70. The molecule has 0 N–H and O–H groups in total. The van der Waals surface area contributed by atoms with E-state index in [4.69, 9.17) is 0 Å². The van der Waals surface area contributed by atoms with Gasteiger partial charge in [0.15, 0.2) is 0 Å². The summed E-state index contributed by atoms with van der Waals surface area (Å²) in [7, 11) is 0. The minimum atomic E-state index is 0.127. The predicted molar refractivity (Wildman–Crippen MR) is 80.8 cm³/mol. The minimum Gasteiger partial charge on any atom is -0.338 e. The maximum Gasteiger partial charge on any atom is 0.255 e. The van der Waals surface area contributed by atoms with Crippen molar-refractivity contribution in [3.63, 3.8) is 0 Å². The Labute approximate surface area is 125 Å². The molecule has 2 rings (SSSR count). The van der Waals surface area contributed by atoms with E-state index in [1.54, 1.807) is 0 Å². The normalized spacial score (nSPS) is 18.8. The Hall–Kier alpha value is -0.350. The summed E-state index contributed by atoms with van der Waals surface area (Å²) >= 11 is 6.87. The molecule has 0 atom stereocenters. The first-order valence-corrected chi connectivity index (χ1v) is 7.72. The van der Waals surface area contributed by atoms with Crippen molar-refractivity contribution in [1.29, 1.82) is 0 Å². The van der Waals surface area contributed by atoms with Crippen LogP contribution >= 0.6 is 31.9 Å². The molecule has 4 heteroatoms. The summed E-state index contributed by atoms with van der Waals surface area (Å²) in [5, 5.41) is 0. The average Bonchev–Trinajstić information content (AvgIpc) is 2.27. The lowest BCUT2D eigenvalue weighted by Crippen LogP contribution is -2.43. The molecule has 1 aromatic rings. The second-order valence-corrected chi connectivity index (χ2v) is 7.39. The average molecular weight is 375 g/mol. The smallest absolute Gasteiger partial charge is 0.255 e. The van der Waals surface area contributed by atoms with Gasteiger partial charge in [-0.05, 0) is 52.4 Å². The van der Waals surface area contributed by atoms with E-state index in [0.717, 1.165) is 34.0 Å². The van der Waals surface area contributed by atoms with Gasteiger partial charge in [0.1, 0.15) is 0 Å². The molecule has 0 aliphatic carbocycles. The van der Waals surface area contributed by atoms with Crippen LogP contribution in [0.5, 0.6) is 0 Å². The van der Waals surface area contributed by atoms with Crippen LogP contribution in [0.4, 0.5) is 0 Å². The van der Waals surface area contributed by atoms with Crippen LogP contribution in [0.2, 0.25) is 0 Å². The summed E-state index contributed by atoms with van der Waals surface area (Å²) in [5.41, 5.74) is 0.978. The lowest BCUT2D eigenvalue weighted by atomic mass is 9.84. The Kier molecular flexibility index (Phi) is 4.17. The molecule has 1 aliphatic heterocycles. The van der Waals surface area contributed by atoms with Crippen molar-refractivity contribution < 1.29 is 4.79 Å². The number of rotatable bonds is 1. The number of carbonyl (C=O) groups excluding carboxylic acids is 1. The SMILES string of the molecule is CC1(C)CCCN(C(=O)c2ccc(Br)cc2Br)C1. The molecule has 0 radical (unpaired) electrons. The highest BCUT2D eigenvalue weighted by Crippen LogP contribution is 2.30. The summed E-state index contributed by atoms with van der Waals surface area (Å²) in [5.74, 6) is 0.127. The lowest BCUT2D eigenvalue weighted by molar-refractivity contribution is 0.0582. The summed E-state index contributed by atoms with van der Waals surface area (Å²) in [4.78, 5) is 14.5. The van der Waals surface area contributed by atoms with Crippen LogP contribution in [0.25, 0.3) is 0 Å². The standard InChI is InChI=1S/C14H17Br2NO/c1-14(2)6-3-7-17(9-14)13(18)11-5-4-10(15)8-12(11)16/h4-5,8H,3,6-7,9H2,1-2H3. The first kappa shape index (κ1) is 14.1. The number of nitrogens with zero attached hydrogens (tertiary/aromatic N) is 1. The van der Waals surface area contributed by atoms with Gasteiger partial charge in [-0.3, -0.25) is 4.79 Å². The Morgan fingerprint density at radius 2 is 2.06 bits per heavy atom. The molecular weight excluding hydrogens is 358 g/mol. The largest absolute Gasteiger partial charge is 0.338 e. The number of piperidine rings is 1. The van der Waals surface area contributed by atoms with Gasteiger partial charge in [-0.2, -0.15) is 0 Å². The number of likely N-dealkylation sites (tertiary alicyclic amines) is 1. The molecule has 2 nitrogen and oxygen atoms in total. The van der Waals surface area contributed by atoms with E-state index in [0.29, 0.717) is 0 Å². The number of benzene rings is 1. The highest BCUT2D eigenvalue weighted by molar-refractivity contribution is 9.11. The van der Waals surface area contributed by atoms with E-state index in [-0.39, 0.29) is 11.3 Å². The Balaban J connectivity index is 2.20. The van der Waals surface area contributed by atoms with Crippen molar-refractivity contribution in [1.82, 2.24) is 4.90 Å². The topological polar surface area (TPSA) is 20.3 Å². The zero-order valence-corrected chi connectivity index (χ0v) is 13.8. The van der Waals surface area contributed by atoms with Crippen molar-refractivity contribution in [2.75, 3.05) is 13.1 Å². The van der Waals surface area contributed by atoms with E-state index >= 15 is 0 Å². The first-order chi connectivity index (χ1) is 8.39. The second-order valence-electron chi connectivity index (χ2n) is 5.62. The number of hydrogen-bond acceptors (Lipinski definition) is 1. The first-order valence-electron chi connectivity index (χ1n) is 6.13. The van der Waals surface area contributed by atoms with Gasteiger partial charge in [0, 0.05) is 22.0 Å². The molecular formula is C14H17Br2NO. The van der Waals surface area contributed by atoms with Crippen molar-refractivity contribution in [3.05, 3.63) is 32.7 Å². The predicted octanol–water partition coefficient (Wildman–Crippen LogP) is 4.47. The van der Waals surface area contributed by atoms with Gasteiger partial charge in [0.2, 0.25) is 0 Å². The number of hydrogen-bond donors (Lipinski definition) is 0. The maximum absolute atomic E-state index is 12.5. The summed E-state index contributed by atoms with van der Waals surface area (Å²) in [6.07, 6.45) is 2.28. The molecule has 1 aromatic carbocycles. The van der Waals surface area contributed by atoms with Crippen LogP contribution in [-0.4, -0.2) is 23.9 Å². The van der Waals surface area contributed by atoms with Crippen LogP contribution in [-0.2, 0) is 0 Å². The van der Waals surface area contributed by atoms with Crippen LogP contribution in [0, 0.1) is 5.41 Å². The lowest BCUT2D eigenvalue weighted by Gasteiger charge is -2.38. The van der Waals surface area contributed by atoms with Crippen molar-refractivity contribution in [2.24, 2.45) is 5.41 Å². The van der Waals surface area contributed by atoms with Gasteiger partial charge in [-0.25, -0.2) is 0 Å². The van der Waals surface area contributed by atoms with Gasteiger partial charge >= 0.3 is 0 Å². The number of amides is 1. The molecule has 0 aromatic heterocycles. The van der Waals surface area contributed by atoms with Crippen LogP contribution in [0.15, 0.2) is 27.1 Å². The third-order valence-corrected chi connectivity index (χ3v) is 4.50. The van der Waals surface area contributed by atoms with Gasteiger partial charge in [0.05, 0.1) is 5.56 Å². The summed E-state index contributed by atoms with van der Waals surface area (Å²) in [6.45, 7) is 6.16. The number of halogens is 2. The van der Waals surface area contributed by atoms with Gasteiger partial charge in [-0.15, -0.1) is 0 Å². The zero-order valence-electron chi connectivity index (χ0n) is 10.7. The fourth-order valence-corrected chi connectivity index (χ4v) is 3.65. The maximum atomic E-state index is 12.5. The third kappa shape index (κ3) is 3.15. The molecule has 0 bridgehead atoms. The highest BCUT2D eigenvalue weighted by Gasteiger charge is 2.30. The van der Waals surface area contributed by atoms with E-state index < -0.39 is 0 Å². The molecule has 1 aliphatic rings. The van der Waals surface area contributed by atoms with Gasteiger partial charge < -0.3 is 4.90 Å². The fourth-order valence-electron chi connectivity index (χ4n) is 2.43. The molecule has 1 saturated heterocycles. The number of carbonyl (C=O) groups is 1. The Bertz CT molecular complexity index is 471. The van der Waals surface area contributed by atoms with E-state index in [2.05, 4.69) is 45.7 Å². The van der Waals surface area contributed by atoms with Crippen LogP contribution in [0.3, 0.4) is 0 Å². The van der Waals surface area contributed by atoms with Crippen LogP contribution < -0.4 is 0 Å². The fraction of sp³-hybridized carbons (Fsp3) is 0.500. The zero-order chi connectivity index (χ0) is 13.3. The Morgan fingerprint density at radius 3 is 2.67 bits per heavy atom. The van der Waals surface area contributed by atoms with E-state index in [1.165, 1.54) is 6.42 Å². The van der Waals surface area contributed by atoms with E-state index in [1.807, 2.05) is 23.1 Å². The molecule has 1 fully saturated rings. The van der Waals surface area contributed by atoms with Gasteiger partial charge in [-0.1, -0.05) is 29.8 Å². The molecule has 98 valence electrons. The van der Waals surface area contributed by atoms with Crippen molar-refractivity contribution in [3.8, 4) is 0 Å². The highest BCUT2D eigenvalue weighted by atomic mass is 79.9. The second kappa shape index (κ2) is 5.33. The molecule has 0 saturated carbocycles. The van der Waals surface area contributed by atoms with Crippen LogP contribution in [0.1, 0.15) is 37.0 Å². The monoisotopic (exact) mass is 373 g/mol. The molecule has 1 amide bonds. The quantitative estimate of drug-likeness (QED) is 0.709. The van der Waals surface area contributed by atoms with E-state index in [9.17, 15) is 4.79 Å². The van der Waals surface area contributed by atoms with Gasteiger partial charge in [0.25, 0.3) is 5.91 Å². The molecule has 18 heavy (non-hydrogen) atoms. The van der Waals surface area contributed by atoms with Crippen molar-refractivity contribution >= 4 is 37.8 Å². The molecule has 0 unspecified atom stereocenters. The minimum absolute atomic E-state index is 0.127. The van der Waals surface area contributed by atoms with Crippen molar-refractivity contribution in [2.45, 2.75) is 26.7 Å². The molecule has 0 spiro atoms. The molecule has 1 heterocycles. The summed E-state index contributed by atoms with van der Waals surface area (Å²) < 4.78 is 1.83.